The quantitative estimate of drug-likeness (QED) is 0.912. The van der Waals surface area contributed by atoms with E-state index in [1.165, 1.54) is 54.5 Å². The van der Waals surface area contributed by atoms with E-state index in [0.717, 1.165) is 6.54 Å². The highest BCUT2D eigenvalue weighted by atomic mass is 15.1. The predicted octanol–water partition coefficient (Wildman–Crippen LogP) is 3.22. The van der Waals surface area contributed by atoms with E-state index in [1.54, 1.807) is 0 Å². The Morgan fingerprint density at radius 2 is 1.95 bits per heavy atom. The van der Waals surface area contributed by atoms with E-state index in [-0.39, 0.29) is 0 Å². The molecule has 1 aromatic heterocycles. The lowest BCUT2D eigenvalue weighted by molar-refractivity contribution is 0.221. The van der Waals surface area contributed by atoms with Gasteiger partial charge < -0.3 is 9.88 Å². The molecular formula is C16H23N3. The minimum Gasteiger partial charge on any atom is -0.378 e. The zero-order valence-corrected chi connectivity index (χ0v) is 11.9. The summed E-state index contributed by atoms with van der Waals surface area (Å²) >= 11 is 0. The molecule has 1 saturated heterocycles. The van der Waals surface area contributed by atoms with Crippen molar-refractivity contribution in [1.82, 2.24) is 9.88 Å². The molecule has 19 heavy (non-hydrogen) atoms. The number of hydrogen-bond acceptors (Lipinski definition) is 2. The van der Waals surface area contributed by atoms with Crippen molar-refractivity contribution in [1.29, 1.82) is 0 Å². The molecule has 1 aliphatic heterocycles. The molecule has 3 rings (SSSR count). The fraction of sp³-hybridized carbons (Fsp3) is 0.500. The molecule has 102 valence electrons. The first-order valence-electron chi connectivity index (χ1n) is 7.24. The second kappa shape index (κ2) is 5.25. The maximum absolute atomic E-state index is 3.40. The number of aromatic amines is 1. The van der Waals surface area contributed by atoms with E-state index >= 15 is 0 Å². The predicted molar refractivity (Wildman–Crippen MR) is 81.8 cm³/mol. The van der Waals surface area contributed by atoms with E-state index in [9.17, 15) is 0 Å². The fourth-order valence-corrected chi connectivity index (χ4v) is 2.93. The summed E-state index contributed by atoms with van der Waals surface area (Å²) in [7, 11) is 4.19. The molecule has 1 fully saturated rings. The van der Waals surface area contributed by atoms with Gasteiger partial charge in [-0.2, -0.15) is 0 Å². The van der Waals surface area contributed by atoms with Crippen LogP contribution in [0.15, 0.2) is 24.4 Å². The average molecular weight is 257 g/mol. The summed E-state index contributed by atoms with van der Waals surface area (Å²) in [6.07, 6.45) is 6.28. The zero-order valence-electron chi connectivity index (χ0n) is 11.9. The summed E-state index contributed by atoms with van der Waals surface area (Å²) < 4.78 is 0. The number of H-pyrrole nitrogens is 1. The molecular weight excluding hydrogens is 234 g/mol. The first-order valence-corrected chi connectivity index (χ1v) is 7.24. The summed E-state index contributed by atoms with van der Waals surface area (Å²) in [5.74, 6) is 0. The molecule has 0 atom stereocenters. The first kappa shape index (κ1) is 12.5. The number of nitrogens with one attached hydrogen (secondary N) is 1. The highest BCUT2D eigenvalue weighted by Gasteiger charge is 2.13. The van der Waals surface area contributed by atoms with Crippen molar-refractivity contribution in [3.8, 4) is 0 Å². The van der Waals surface area contributed by atoms with E-state index < -0.39 is 0 Å². The molecule has 0 bridgehead atoms. The van der Waals surface area contributed by atoms with Crippen molar-refractivity contribution in [3.63, 3.8) is 0 Å². The number of aromatic nitrogens is 1. The number of piperidine rings is 1. The summed E-state index contributed by atoms with van der Waals surface area (Å²) in [5.41, 5.74) is 3.95. The van der Waals surface area contributed by atoms with Gasteiger partial charge in [-0.3, -0.25) is 4.90 Å². The van der Waals surface area contributed by atoms with Crippen LogP contribution in [-0.4, -0.2) is 37.1 Å². The Bertz CT molecular complexity index is 550. The summed E-state index contributed by atoms with van der Waals surface area (Å²) in [5, 5.41) is 1.37. The third-order valence-electron chi connectivity index (χ3n) is 4.11. The van der Waals surface area contributed by atoms with Gasteiger partial charge in [0.25, 0.3) is 0 Å². The highest BCUT2D eigenvalue weighted by molar-refractivity contribution is 5.86. The van der Waals surface area contributed by atoms with Gasteiger partial charge in [-0.1, -0.05) is 6.42 Å². The Balaban J connectivity index is 1.87. The van der Waals surface area contributed by atoms with Crippen LogP contribution in [0.25, 0.3) is 10.9 Å². The number of anilines is 1. The van der Waals surface area contributed by atoms with Gasteiger partial charge in [0.1, 0.15) is 0 Å². The number of hydrogen-bond donors (Lipinski definition) is 1. The number of benzene rings is 1. The zero-order chi connectivity index (χ0) is 13.2. The van der Waals surface area contributed by atoms with Crippen LogP contribution in [0, 0.1) is 0 Å². The fourth-order valence-electron chi connectivity index (χ4n) is 2.93. The van der Waals surface area contributed by atoms with Crippen LogP contribution in [0.4, 0.5) is 5.69 Å². The third kappa shape index (κ3) is 2.61. The molecule has 1 aromatic carbocycles. The molecule has 3 nitrogen and oxygen atoms in total. The van der Waals surface area contributed by atoms with Gasteiger partial charge in [0, 0.05) is 43.4 Å². The van der Waals surface area contributed by atoms with Gasteiger partial charge in [0.05, 0.1) is 0 Å². The van der Waals surface area contributed by atoms with Gasteiger partial charge >= 0.3 is 0 Å². The lowest BCUT2D eigenvalue weighted by Gasteiger charge is -2.26. The van der Waals surface area contributed by atoms with Gasteiger partial charge in [-0.15, -0.1) is 0 Å². The average Bonchev–Trinajstić information content (AvgIpc) is 2.82. The summed E-state index contributed by atoms with van der Waals surface area (Å²) in [4.78, 5) is 8.14. The first-order chi connectivity index (χ1) is 9.24. The van der Waals surface area contributed by atoms with Crippen LogP contribution in [0.5, 0.6) is 0 Å². The van der Waals surface area contributed by atoms with Crippen LogP contribution in [0.2, 0.25) is 0 Å². The smallest absolute Gasteiger partial charge is 0.0458 e. The number of fused-ring (bicyclic) bond motifs is 1. The molecule has 0 saturated carbocycles. The monoisotopic (exact) mass is 257 g/mol. The van der Waals surface area contributed by atoms with Crippen molar-refractivity contribution in [2.45, 2.75) is 25.8 Å². The molecule has 2 heterocycles. The Morgan fingerprint density at radius 1 is 1.16 bits per heavy atom. The minimum absolute atomic E-state index is 1.08. The largest absolute Gasteiger partial charge is 0.378 e. The lowest BCUT2D eigenvalue weighted by atomic mass is 10.1. The van der Waals surface area contributed by atoms with E-state index in [4.69, 9.17) is 0 Å². The normalized spacial score (nSPS) is 16.9. The molecule has 1 aliphatic rings. The number of rotatable bonds is 3. The van der Waals surface area contributed by atoms with Crippen LogP contribution in [0.3, 0.4) is 0 Å². The van der Waals surface area contributed by atoms with Gasteiger partial charge in [-0.25, -0.2) is 0 Å². The van der Waals surface area contributed by atoms with Gasteiger partial charge in [0.2, 0.25) is 0 Å². The SMILES string of the molecule is CN(C)c1ccc2[nH]cc(CN3CCCCC3)c2c1. The standard InChI is InChI=1S/C16H23N3/c1-18(2)14-6-7-16-15(10-14)13(11-17-16)12-19-8-4-3-5-9-19/h6-7,10-11,17H,3-5,8-9,12H2,1-2H3. The number of likely N-dealkylation sites (tertiary alicyclic amines) is 1. The highest BCUT2D eigenvalue weighted by Crippen LogP contribution is 2.25. The summed E-state index contributed by atoms with van der Waals surface area (Å²) in [6, 6.07) is 6.65. The van der Waals surface area contributed by atoms with Crippen molar-refractivity contribution >= 4 is 16.6 Å². The van der Waals surface area contributed by atoms with E-state index in [2.05, 4.69) is 53.3 Å². The molecule has 0 amide bonds. The van der Waals surface area contributed by atoms with Gasteiger partial charge in [0.15, 0.2) is 0 Å². The Kier molecular flexibility index (Phi) is 3.47. The topological polar surface area (TPSA) is 22.3 Å². The molecule has 2 aromatic rings. The van der Waals surface area contributed by atoms with Gasteiger partial charge in [-0.05, 0) is 49.7 Å². The van der Waals surface area contributed by atoms with Crippen LogP contribution in [-0.2, 0) is 6.54 Å². The molecule has 0 unspecified atom stereocenters. The minimum atomic E-state index is 1.08. The molecule has 0 radical (unpaired) electrons. The van der Waals surface area contributed by atoms with Crippen molar-refractivity contribution in [2.24, 2.45) is 0 Å². The van der Waals surface area contributed by atoms with E-state index in [0.29, 0.717) is 0 Å². The second-order valence-corrected chi connectivity index (χ2v) is 5.78. The maximum Gasteiger partial charge on any atom is 0.0458 e. The lowest BCUT2D eigenvalue weighted by Crippen LogP contribution is -2.28. The molecule has 1 N–H and O–H groups in total. The van der Waals surface area contributed by atoms with E-state index in [1.807, 2.05) is 0 Å². The Hall–Kier alpha value is -1.48. The molecule has 3 heteroatoms. The Labute approximate surface area is 115 Å². The third-order valence-corrected chi connectivity index (χ3v) is 4.11. The molecule has 0 aliphatic carbocycles. The van der Waals surface area contributed by atoms with Crippen LogP contribution < -0.4 is 4.90 Å². The van der Waals surface area contributed by atoms with Crippen LogP contribution in [0.1, 0.15) is 24.8 Å². The molecule has 0 spiro atoms. The second-order valence-electron chi connectivity index (χ2n) is 5.78. The summed E-state index contributed by atoms with van der Waals surface area (Å²) in [6.45, 7) is 3.58. The van der Waals surface area contributed by atoms with Crippen molar-refractivity contribution in [2.75, 3.05) is 32.1 Å². The Morgan fingerprint density at radius 3 is 2.68 bits per heavy atom. The van der Waals surface area contributed by atoms with Crippen LogP contribution >= 0.6 is 0 Å². The van der Waals surface area contributed by atoms with Crippen molar-refractivity contribution < 1.29 is 0 Å². The van der Waals surface area contributed by atoms with Crippen molar-refractivity contribution in [3.05, 3.63) is 30.0 Å². The number of nitrogens with zero attached hydrogens (tertiary/aromatic N) is 2. The maximum atomic E-state index is 3.40.